The van der Waals surface area contributed by atoms with Crippen molar-refractivity contribution < 1.29 is 14.6 Å². The molecule has 0 radical (unpaired) electrons. The molecular weight excluding hydrogens is 457 g/mol. The quantitative estimate of drug-likeness (QED) is 0.311. The molecule has 3 rings (SSSR count). The van der Waals surface area contributed by atoms with Crippen LogP contribution >= 0.6 is 24.0 Å². The van der Waals surface area contributed by atoms with E-state index in [1.807, 2.05) is 6.07 Å². The zero-order valence-electron chi connectivity index (χ0n) is 16.5. The van der Waals surface area contributed by atoms with Crippen molar-refractivity contribution in [1.82, 2.24) is 10.6 Å². The number of aliphatic imine (C=N–C) groups is 1. The molecule has 0 heterocycles. The van der Waals surface area contributed by atoms with Gasteiger partial charge in [-0.2, -0.15) is 0 Å². The molecule has 6 nitrogen and oxygen atoms in total. The predicted octanol–water partition coefficient (Wildman–Crippen LogP) is 3.42. The second kappa shape index (κ2) is 9.82. The van der Waals surface area contributed by atoms with Gasteiger partial charge in [0, 0.05) is 30.2 Å². The zero-order valence-corrected chi connectivity index (χ0v) is 18.8. The number of ether oxygens (including phenoxy) is 2. The Hall–Kier alpha value is -1.22. The summed E-state index contributed by atoms with van der Waals surface area (Å²) < 4.78 is 11.2. The van der Waals surface area contributed by atoms with Gasteiger partial charge in [-0.3, -0.25) is 0 Å². The van der Waals surface area contributed by atoms with Crippen LogP contribution in [-0.4, -0.2) is 43.5 Å². The molecule has 152 valence electrons. The Morgan fingerprint density at radius 1 is 1.33 bits per heavy atom. The molecule has 1 aromatic carbocycles. The minimum absolute atomic E-state index is 0. The molecule has 0 bridgehead atoms. The number of hydrogen-bond acceptors (Lipinski definition) is 4. The van der Waals surface area contributed by atoms with E-state index >= 15 is 0 Å². The Kier molecular flexibility index (Phi) is 8.03. The molecule has 2 unspecified atom stereocenters. The van der Waals surface area contributed by atoms with Gasteiger partial charge in [-0.1, -0.05) is 6.42 Å². The largest absolute Gasteiger partial charge is 0.508 e. The van der Waals surface area contributed by atoms with Crippen LogP contribution in [0.25, 0.3) is 0 Å². The van der Waals surface area contributed by atoms with Gasteiger partial charge in [-0.25, -0.2) is 4.99 Å². The number of methoxy groups -OCH3 is 1. The van der Waals surface area contributed by atoms with Gasteiger partial charge in [0.1, 0.15) is 11.5 Å². The Morgan fingerprint density at radius 2 is 2.11 bits per heavy atom. The number of nitrogens with zero attached hydrogens (tertiary/aromatic N) is 1. The number of hydrogen-bond donors (Lipinski definition) is 3. The fraction of sp³-hybridized carbons (Fsp3) is 0.650. The zero-order chi connectivity index (χ0) is 18.6. The number of halogens is 1. The van der Waals surface area contributed by atoms with Crippen LogP contribution in [-0.2, 0) is 11.3 Å². The summed E-state index contributed by atoms with van der Waals surface area (Å²) in [4.78, 5) is 4.67. The first kappa shape index (κ1) is 22.1. The number of nitrogens with one attached hydrogen (secondary N) is 2. The van der Waals surface area contributed by atoms with Crippen molar-refractivity contribution in [3.05, 3.63) is 23.8 Å². The van der Waals surface area contributed by atoms with Gasteiger partial charge in [0.15, 0.2) is 5.96 Å². The first-order valence-corrected chi connectivity index (χ1v) is 9.65. The van der Waals surface area contributed by atoms with Crippen LogP contribution in [0.4, 0.5) is 0 Å². The van der Waals surface area contributed by atoms with Crippen LogP contribution in [0.15, 0.2) is 23.2 Å². The summed E-state index contributed by atoms with van der Waals surface area (Å²) in [6.07, 6.45) is 5.15. The van der Waals surface area contributed by atoms with E-state index in [-0.39, 0.29) is 35.1 Å². The highest BCUT2D eigenvalue weighted by Crippen LogP contribution is 2.57. The van der Waals surface area contributed by atoms with Gasteiger partial charge in [0.2, 0.25) is 0 Å². The van der Waals surface area contributed by atoms with E-state index < -0.39 is 0 Å². The fourth-order valence-corrected chi connectivity index (χ4v) is 4.11. The highest BCUT2D eigenvalue weighted by atomic mass is 127. The first-order valence-electron chi connectivity index (χ1n) is 9.65. The third kappa shape index (κ3) is 4.62. The van der Waals surface area contributed by atoms with E-state index in [9.17, 15) is 5.11 Å². The van der Waals surface area contributed by atoms with Gasteiger partial charge in [0.05, 0.1) is 19.8 Å². The van der Waals surface area contributed by atoms with Gasteiger partial charge in [-0.05, 0) is 51.3 Å². The second-order valence-electron chi connectivity index (χ2n) is 7.15. The summed E-state index contributed by atoms with van der Waals surface area (Å²) in [5, 5.41) is 17.0. The van der Waals surface area contributed by atoms with E-state index in [4.69, 9.17) is 9.47 Å². The molecule has 1 aromatic rings. The van der Waals surface area contributed by atoms with Crippen molar-refractivity contribution in [1.29, 1.82) is 0 Å². The SMILES string of the molecule is CCNC(=NCc1cc(OC)ccc1O)NC1CC(OCC)C12CCC2.I. The lowest BCUT2D eigenvalue weighted by atomic mass is 9.51. The maximum atomic E-state index is 10.1. The van der Waals surface area contributed by atoms with Crippen molar-refractivity contribution in [3.8, 4) is 11.5 Å². The summed E-state index contributed by atoms with van der Waals surface area (Å²) in [6.45, 7) is 6.10. The first-order chi connectivity index (χ1) is 12.6. The number of guanidine groups is 1. The monoisotopic (exact) mass is 489 g/mol. The Labute approximate surface area is 179 Å². The molecular formula is C20H32IN3O3. The number of aromatic hydroxyl groups is 1. The molecule has 0 aliphatic heterocycles. The van der Waals surface area contributed by atoms with Crippen molar-refractivity contribution in [2.45, 2.75) is 58.2 Å². The summed E-state index contributed by atoms with van der Waals surface area (Å²) in [5.41, 5.74) is 1.03. The molecule has 3 N–H and O–H groups in total. The minimum atomic E-state index is 0. The summed E-state index contributed by atoms with van der Waals surface area (Å²) in [6, 6.07) is 5.62. The maximum Gasteiger partial charge on any atom is 0.191 e. The smallest absolute Gasteiger partial charge is 0.191 e. The van der Waals surface area contributed by atoms with Crippen molar-refractivity contribution in [2.24, 2.45) is 10.4 Å². The van der Waals surface area contributed by atoms with Crippen LogP contribution in [0.3, 0.4) is 0 Å². The average Bonchev–Trinajstić information content (AvgIpc) is 2.58. The Morgan fingerprint density at radius 3 is 2.70 bits per heavy atom. The molecule has 2 aliphatic rings. The van der Waals surface area contributed by atoms with Crippen molar-refractivity contribution in [2.75, 3.05) is 20.3 Å². The van der Waals surface area contributed by atoms with E-state index in [1.165, 1.54) is 19.3 Å². The van der Waals surface area contributed by atoms with Gasteiger partial charge in [-0.15, -0.1) is 24.0 Å². The predicted molar refractivity (Wildman–Crippen MR) is 118 cm³/mol. The molecule has 27 heavy (non-hydrogen) atoms. The third-order valence-corrected chi connectivity index (χ3v) is 5.79. The summed E-state index contributed by atoms with van der Waals surface area (Å²) >= 11 is 0. The molecule has 2 aliphatic carbocycles. The molecule has 1 spiro atoms. The topological polar surface area (TPSA) is 75.1 Å². The van der Waals surface area contributed by atoms with Gasteiger partial charge >= 0.3 is 0 Å². The normalized spacial score (nSPS) is 23.0. The summed E-state index contributed by atoms with van der Waals surface area (Å²) in [5.74, 6) is 1.75. The average molecular weight is 489 g/mol. The van der Waals surface area contributed by atoms with Gasteiger partial charge < -0.3 is 25.2 Å². The van der Waals surface area contributed by atoms with Gasteiger partial charge in [0.25, 0.3) is 0 Å². The fourth-order valence-electron chi connectivity index (χ4n) is 4.11. The number of phenolic OH excluding ortho intramolecular Hbond substituents is 1. The molecule has 7 heteroatoms. The second-order valence-corrected chi connectivity index (χ2v) is 7.15. The maximum absolute atomic E-state index is 10.1. The lowest BCUT2D eigenvalue weighted by molar-refractivity contribution is -0.168. The van der Waals surface area contributed by atoms with Crippen LogP contribution in [0, 0.1) is 5.41 Å². The van der Waals surface area contributed by atoms with Crippen LogP contribution in [0.5, 0.6) is 11.5 Å². The highest BCUT2D eigenvalue weighted by Gasteiger charge is 2.59. The van der Waals surface area contributed by atoms with E-state index in [0.29, 0.717) is 18.7 Å². The van der Waals surface area contributed by atoms with Crippen LogP contribution in [0.2, 0.25) is 0 Å². The Bertz CT molecular complexity index is 649. The molecule has 0 amide bonds. The van der Waals surface area contributed by atoms with E-state index in [0.717, 1.165) is 36.8 Å². The summed E-state index contributed by atoms with van der Waals surface area (Å²) in [7, 11) is 1.62. The molecule has 0 aromatic heterocycles. The van der Waals surface area contributed by atoms with E-state index in [1.54, 1.807) is 19.2 Å². The molecule has 2 fully saturated rings. The third-order valence-electron chi connectivity index (χ3n) is 5.79. The number of phenols is 1. The molecule has 0 saturated heterocycles. The lowest BCUT2D eigenvalue weighted by Crippen LogP contribution is -2.68. The van der Waals surface area contributed by atoms with E-state index in [2.05, 4.69) is 29.5 Å². The lowest BCUT2D eigenvalue weighted by Gasteiger charge is -2.61. The molecule has 2 atom stereocenters. The standard InChI is InChI=1S/C20H31N3O3.HI/c1-4-21-19(22-13-14-11-15(25-3)7-8-16(14)24)23-17-12-18(26-5-2)20(17)9-6-10-20;/h7-8,11,17-18,24H,4-6,9-10,12-13H2,1-3H3,(H2,21,22,23);1H. The highest BCUT2D eigenvalue weighted by molar-refractivity contribution is 14.0. The van der Waals surface area contributed by atoms with Crippen molar-refractivity contribution >= 4 is 29.9 Å². The Balaban J connectivity index is 0.00000261. The van der Waals surface area contributed by atoms with Crippen LogP contribution in [0.1, 0.15) is 45.1 Å². The molecule has 2 saturated carbocycles. The number of benzene rings is 1. The minimum Gasteiger partial charge on any atom is -0.508 e. The van der Waals surface area contributed by atoms with Crippen molar-refractivity contribution in [3.63, 3.8) is 0 Å². The number of rotatable bonds is 7. The van der Waals surface area contributed by atoms with Crippen LogP contribution < -0.4 is 15.4 Å².